The molecule has 0 aliphatic carbocycles. The van der Waals surface area contributed by atoms with Crippen molar-refractivity contribution < 1.29 is 4.79 Å². The lowest BCUT2D eigenvalue weighted by Crippen LogP contribution is -2.29. The lowest BCUT2D eigenvalue weighted by Gasteiger charge is -2.11. The van der Waals surface area contributed by atoms with Crippen LogP contribution in [0.4, 0.5) is 5.95 Å². The van der Waals surface area contributed by atoms with Crippen LogP contribution in [0, 0.1) is 5.92 Å². The fourth-order valence-corrected chi connectivity index (χ4v) is 1.65. The largest absolute Gasteiger partial charge is 0.330 e. The molecule has 0 fully saturated rings. The number of nitrogens with zero attached hydrogens (tertiary/aromatic N) is 4. The molecule has 1 aliphatic rings. The van der Waals surface area contributed by atoms with Crippen LogP contribution >= 0.6 is 0 Å². The van der Waals surface area contributed by atoms with Crippen molar-refractivity contribution in [2.45, 2.75) is 13.3 Å². The zero-order valence-corrected chi connectivity index (χ0v) is 9.00. The van der Waals surface area contributed by atoms with Crippen molar-refractivity contribution in [1.82, 2.24) is 9.97 Å². The molecule has 0 spiro atoms. The molecule has 1 aliphatic heterocycles. The van der Waals surface area contributed by atoms with Gasteiger partial charge in [-0.2, -0.15) is 10.1 Å². The second-order valence-electron chi connectivity index (χ2n) is 3.57. The van der Waals surface area contributed by atoms with Crippen molar-refractivity contribution in [2.75, 3.05) is 11.6 Å². The highest BCUT2D eigenvalue weighted by atomic mass is 16.2. The smallest absolute Gasteiger partial charge is 0.258 e. The number of nitrogens with two attached hydrogens (primary N) is 1. The quantitative estimate of drug-likeness (QED) is 0.785. The molecule has 1 atom stereocenters. The van der Waals surface area contributed by atoms with E-state index >= 15 is 0 Å². The molecule has 0 aromatic carbocycles. The Bertz CT molecular complexity index is 416. The number of rotatable bonds is 3. The summed E-state index contributed by atoms with van der Waals surface area (Å²) in [6, 6.07) is 1.69. The van der Waals surface area contributed by atoms with Gasteiger partial charge in [-0.15, -0.1) is 0 Å². The van der Waals surface area contributed by atoms with Gasteiger partial charge in [-0.25, -0.2) is 9.97 Å². The molecule has 0 saturated heterocycles. The first-order valence-corrected chi connectivity index (χ1v) is 5.10. The molecule has 1 amide bonds. The number of aromatic nitrogens is 2. The number of hydrazone groups is 1. The third-order valence-electron chi connectivity index (χ3n) is 2.47. The van der Waals surface area contributed by atoms with E-state index in [-0.39, 0.29) is 11.8 Å². The van der Waals surface area contributed by atoms with Crippen molar-refractivity contribution in [3.63, 3.8) is 0 Å². The molecule has 2 N–H and O–H groups in total. The first-order chi connectivity index (χ1) is 7.74. The van der Waals surface area contributed by atoms with Gasteiger partial charge in [0.05, 0.1) is 5.92 Å². The van der Waals surface area contributed by atoms with Crippen LogP contribution < -0.4 is 10.7 Å². The lowest BCUT2D eigenvalue weighted by atomic mass is 10.0. The maximum Gasteiger partial charge on any atom is 0.258 e. The normalized spacial score (nSPS) is 20.1. The minimum absolute atomic E-state index is 0.103. The Morgan fingerprint density at radius 2 is 2.12 bits per heavy atom. The molecule has 0 bridgehead atoms. The molecule has 1 aromatic heterocycles. The van der Waals surface area contributed by atoms with Gasteiger partial charge < -0.3 is 5.73 Å². The van der Waals surface area contributed by atoms with E-state index in [0.29, 0.717) is 18.9 Å². The maximum atomic E-state index is 12.0. The number of carbonyl (C=O) groups excluding carboxylic acids is 1. The molecule has 2 rings (SSSR count). The van der Waals surface area contributed by atoms with Crippen LogP contribution in [0.3, 0.4) is 0 Å². The van der Waals surface area contributed by atoms with Crippen LogP contribution in [0.15, 0.2) is 23.6 Å². The third-order valence-corrected chi connectivity index (χ3v) is 2.47. The Hall–Kier alpha value is -1.82. The maximum absolute atomic E-state index is 12.0. The number of hydrogen-bond acceptors (Lipinski definition) is 5. The second-order valence-corrected chi connectivity index (χ2v) is 3.57. The number of anilines is 1. The Balaban J connectivity index is 2.24. The summed E-state index contributed by atoms with van der Waals surface area (Å²) in [7, 11) is 0. The average Bonchev–Trinajstić information content (AvgIpc) is 2.59. The first-order valence-electron chi connectivity index (χ1n) is 5.10. The zero-order valence-electron chi connectivity index (χ0n) is 9.00. The fraction of sp³-hybridized carbons (Fsp3) is 0.400. The zero-order chi connectivity index (χ0) is 11.5. The summed E-state index contributed by atoms with van der Waals surface area (Å²) in [5.41, 5.74) is 6.23. The van der Waals surface area contributed by atoms with E-state index in [2.05, 4.69) is 15.1 Å². The second kappa shape index (κ2) is 4.36. The minimum Gasteiger partial charge on any atom is -0.330 e. The fourth-order valence-electron chi connectivity index (χ4n) is 1.65. The Morgan fingerprint density at radius 1 is 1.44 bits per heavy atom. The van der Waals surface area contributed by atoms with Gasteiger partial charge in [0.15, 0.2) is 0 Å². The van der Waals surface area contributed by atoms with Gasteiger partial charge in [0.2, 0.25) is 0 Å². The van der Waals surface area contributed by atoms with Gasteiger partial charge in [-0.3, -0.25) is 4.79 Å². The minimum atomic E-state index is -0.228. The highest BCUT2D eigenvalue weighted by Crippen LogP contribution is 2.21. The Morgan fingerprint density at radius 3 is 2.75 bits per heavy atom. The van der Waals surface area contributed by atoms with Crippen LogP contribution in [0.2, 0.25) is 0 Å². The first kappa shape index (κ1) is 10.7. The van der Waals surface area contributed by atoms with E-state index in [1.807, 2.05) is 6.92 Å². The molecular weight excluding hydrogens is 206 g/mol. The predicted octanol–water partition coefficient (Wildman–Crippen LogP) is 0.164. The molecule has 1 aromatic rings. The standard InChI is InChI=1S/C10H13N5O/c1-7-8(3-4-11)9(16)15(14-7)10-12-5-2-6-13-10/h2,5-6,8H,3-4,11H2,1H3. The van der Waals surface area contributed by atoms with Crippen molar-refractivity contribution in [1.29, 1.82) is 0 Å². The summed E-state index contributed by atoms with van der Waals surface area (Å²) < 4.78 is 0. The van der Waals surface area contributed by atoms with Crippen LogP contribution in [-0.4, -0.2) is 28.1 Å². The molecule has 1 unspecified atom stereocenters. The molecule has 84 valence electrons. The van der Waals surface area contributed by atoms with E-state index in [9.17, 15) is 4.79 Å². The molecule has 0 saturated carbocycles. The predicted molar refractivity (Wildman–Crippen MR) is 59.8 cm³/mol. The molecule has 16 heavy (non-hydrogen) atoms. The van der Waals surface area contributed by atoms with E-state index in [4.69, 9.17) is 5.73 Å². The summed E-state index contributed by atoms with van der Waals surface area (Å²) in [5.74, 6) is -0.0191. The number of carbonyl (C=O) groups is 1. The van der Waals surface area contributed by atoms with E-state index in [1.54, 1.807) is 18.5 Å². The highest BCUT2D eigenvalue weighted by molar-refractivity contribution is 6.14. The van der Waals surface area contributed by atoms with Crippen LogP contribution in [-0.2, 0) is 4.79 Å². The van der Waals surface area contributed by atoms with Gasteiger partial charge in [0.1, 0.15) is 0 Å². The molecule has 6 heteroatoms. The van der Waals surface area contributed by atoms with E-state index < -0.39 is 0 Å². The Labute approximate surface area is 93.2 Å². The lowest BCUT2D eigenvalue weighted by molar-refractivity contribution is -0.119. The van der Waals surface area contributed by atoms with Crippen molar-refractivity contribution in [3.8, 4) is 0 Å². The van der Waals surface area contributed by atoms with Gasteiger partial charge >= 0.3 is 0 Å². The molecular formula is C10H13N5O. The summed E-state index contributed by atoms with van der Waals surface area (Å²) in [4.78, 5) is 20.0. The summed E-state index contributed by atoms with van der Waals surface area (Å²) in [6.07, 6.45) is 3.77. The SMILES string of the molecule is CC1=NN(c2ncccn2)C(=O)C1CCN. The Kier molecular flexibility index (Phi) is 2.91. The third kappa shape index (κ3) is 1.79. The van der Waals surface area contributed by atoms with Crippen molar-refractivity contribution in [2.24, 2.45) is 16.8 Å². The summed E-state index contributed by atoms with van der Waals surface area (Å²) in [6.45, 7) is 2.29. The van der Waals surface area contributed by atoms with Crippen LogP contribution in [0.1, 0.15) is 13.3 Å². The van der Waals surface area contributed by atoms with Gasteiger partial charge in [0.25, 0.3) is 11.9 Å². The molecule has 0 radical (unpaired) electrons. The van der Waals surface area contributed by atoms with Crippen molar-refractivity contribution in [3.05, 3.63) is 18.5 Å². The summed E-state index contributed by atoms with van der Waals surface area (Å²) in [5, 5.41) is 5.41. The van der Waals surface area contributed by atoms with Gasteiger partial charge in [-0.1, -0.05) is 0 Å². The van der Waals surface area contributed by atoms with Gasteiger partial charge in [0, 0.05) is 18.1 Å². The van der Waals surface area contributed by atoms with Crippen molar-refractivity contribution >= 4 is 17.6 Å². The van der Waals surface area contributed by atoms with Crippen LogP contribution in [0.5, 0.6) is 0 Å². The average molecular weight is 219 g/mol. The van der Waals surface area contributed by atoms with E-state index in [1.165, 1.54) is 5.01 Å². The highest BCUT2D eigenvalue weighted by Gasteiger charge is 2.34. The number of amides is 1. The van der Waals surface area contributed by atoms with E-state index in [0.717, 1.165) is 5.71 Å². The van der Waals surface area contributed by atoms with Gasteiger partial charge in [-0.05, 0) is 26.0 Å². The summed E-state index contributed by atoms with van der Waals surface area (Å²) >= 11 is 0. The monoisotopic (exact) mass is 219 g/mol. The molecule has 2 heterocycles. The topological polar surface area (TPSA) is 84.5 Å². The molecule has 6 nitrogen and oxygen atoms in total. The number of hydrogen-bond donors (Lipinski definition) is 1. The van der Waals surface area contributed by atoms with Crippen LogP contribution in [0.25, 0.3) is 0 Å².